The van der Waals surface area contributed by atoms with E-state index in [0.717, 1.165) is 4.31 Å². The van der Waals surface area contributed by atoms with Crippen molar-refractivity contribution in [1.82, 2.24) is 4.31 Å². The van der Waals surface area contributed by atoms with E-state index >= 15 is 0 Å². The van der Waals surface area contributed by atoms with Crippen molar-refractivity contribution in [3.05, 3.63) is 42.7 Å². The van der Waals surface area contributed by atoms with Gasteiger partial charge in [0, 0.05) is 17.0 Å². The summed E-state index contributed by atoms with van der Waals surface area (Å²) in [5, 5.41) is 9.57. The van der Waals surface area contributed by atoms with E-state index in [-0.39, 0.29) is 18.0 Å². The van der Waals surface area contributed by atoms with Gasteiger partial charge in [0.1, 0.15) is 18.4 Å². The fourth-order valence-corrected chi connectivity index (χ4v) is 5.77. The van der Waals surface area contributed by atoms with E-state index in [4.69, 9.17) is 4.74 Å². The van der Waals surface area contributed by atoms with Crippen LogP contribution < -0.4 is 4.74 Å². The molecular weight excluding hydrogens is 362 g/mol. The van der Waals surface area contributed by atoms with E-state index in [1.165, 1.54) is 23.9 Å². The molecule has 6 nitrogen and oxygen atoms in total. The van der Waals surface area contributed by atoms with Gasteiger partial charge in [-0.25, -0.2) is 8.42 Å². The highest BCUT2D eigenvalue weighted by Gasteiger charge is 2.48. The smallest absolute Gasteiger partial charge is 0.323 e. The Balaban J connectivity index is 2.30. The van der Waals surface area contributed by atoms with Gasteiger partial charge in [0.15, 0.2) is 0 Å². The highest BCUT2D eigenvalue weighted by atomic mass is 32.2. The number of hydrogen-bond acceptors (Lipinski definition) is 5. The molecule has 1 aromatic carbocycles. The molecule has 0 amide bonds. The third-order valence-electron chi connectivity index (χ3n) is 3.87. The van der Waals surface area contributed by atoms with E-state index in [1.807, 2.05) is 0 Å². The van der Waals surface area contributed by atoms with Gasteiger partial charge in [-0.15, -0.1) is 5.73 Å². The van der Waals surface area contributed by atoms with E-state index in [1.54, 1.807) is 32.1 Å². The molecule has 1 N–H and O–H groups in total. The quantitative estimate of drug-likeness (QED) is 0.760. The fourth-order valence-electron chi connectivity index (χ4n) is 2.67. The first kappa shape index (κ1) is 19.6. The molecule has 0 unspecified atom stereocenters. The number of hydrogen-bond donors (Lipinski definition) is 1. The number of nitrogens with zero attached hydrogens (tertiary/aromatic N) is 1. The molecule has 1 heterocycles. The molecule has 1 saturated heterocycles. The Kier molecular flexibility index (Phi) is 6.00. The molecule has 1 aliphatic heterocycles. The molecule has 1 atom stereocenters. The lowest BCUT2D eigenvalue weighted by Crippen LogP contribution is -2.58. The van der Waals surface area contributed by atoms with Crippen LogP contribution in [-0.2, 0) is 14.8 Å². The highest BCUT2D eigenvalue weighted by molar-refractivity contribution is 8.00. The number of rotatable bonds is 6. The molecule has 0 aliphatic carbocycles. The van der Waals surface area contributed by atoms with Crippen LogP contribution in [0.5, 0.6) is 5.75 Å². The second kappa shape index (κ2) is 7.66. The van der Waals surface area contributed by atoms with Gasteiger partial charge in [0.25, 0.3) is 0 Å². The highest BCUT2D eigenvalue weighted by Crippen LogP contribution is 2.38. The first-order valence-corrected chi connectivity index (χ1v) is 10.1. The summed E-state index contributed by atoms with van der Waals surface area (Å²) < 4.78 is 31.7. The summed E-state index contributed by atoms with van der Waals surface area (Å²) in [5.41, 5.74) is 2.58. The molecule has 25 heavy (non-hydrogen) atoms. The van der Waals surface area contributed by atoms with E-state index in [0.29, 0.717) is 11.5 Å². The summed E-state index contributed by atoms with van der Waals surface area (Å²) in [7, 11) is -3.92. The number of ether oxygens (including phenoxy) is 1. The Hall–Kier alpha value is -1.73. The molecular formula is C17H21NO5S2. The van der Waals surface area contributed by atoms with Crippen molar-refractivity contribution in [2.45, 2.75) is 29.5 Å². The van der Waals surface area contributed by atoms with Crippen LogP contribution in [0.3, 0.4) is 0 Å². The van der Waals surface area contributed by atoms with Crippen molar-refractivity contribution in [3.63, 3.8) is 0 Å². The fraction of sp³-hybridized carbons (Fsp3) is 0.412. The Labute approximate surface area is 152 Å². The Morgan fingerprint density at radius 1 is 1.48 bits per heavy atom. The zero-order valence-electron chi connectivity index (χ0n) is 14.1. The molecule has 1 aliphatic rings. The summed E-state index contributed by atoms with van der Waals surface area (Å²) in [6, 6.07) is 4.82. The average molecular weight is 383 g/mol. The molecule has 2 rings (SSSR count). The number of thioether (sulfide) groups is 1. The maximum Gasteiger partial charge on any atom is 0.323 e. The minimum atomic E-state index is -3.92. The number of carboxylic acid groups (broad SMARTS) is 1. The van der Waals surface area contributed by atoms with Gasteiger partial charge in [0.05, 0.1) is 4.90 Å². The van der Waals surface area contributed by atoms with Crippen molar-refractivity contribution < 1.29 is 23.1 Å². The topological polar surface area (TPSA) is 83.9 Å². The van der Waals surface area contributed by atoms with Crippen LogP contribution in [0.25, 0.3) is 0 Å². The molecule has 8 heteroatoms. The molecule has 0 spiro atoms. The van der Waals surface area contributed by atoms with Crippen molar-refractivity contribution in [2.75, 3.05) is 18.9 Å². The number of benzene rings is 1. The number of sulfonamides is 1. The van der Waals surface area contributed by atoms with Crippen molar-refractivity contribution in [2.24, 2.45) is 0 Å². The van der Waals surface area contributed by atoms with Gasteiger partial charge in [-0.2, -0.15) is 16.1 Å². The number of carbonyl (C=O) groups is 1. The summed E-state index contributed by atoms with van der Waals surface area (Å²) in [4.78, 5) is 11.8. The van der Waals surface area contributed by atoms with E-state index in [9.17, 15) is 18.3 Å². The van der Waals surface area contributed by atoms with Gasteiger partial charge >= 0.3 is 5.97 Å². The molecule has 1 aromatic rings. The van der Waals surface area contributed by atoms with Crippen LogP contribution in [0.2, 0.25) is 0 Å². The van der Waals surface area contributed by atoms with E-state index in [2.05, 4.69) is 12.3 Å². The Bertz CT molecular complexity index is 780. The molecule has 1 fully saturated rings. The first-order chi connectivity index (χ1) is 11.7. The summed E-state index contributed by atoms with van der Waals surface area (Å²) in [5.74, 6) is -0.0860. The molecule has 0 saturated carbocycles. The summed E-state index contributed by atoms with van der Waals surface area (Å²) >= 11 is 1.46. The van der Waals surface area contributed by atoms with Gasteiger partial charge in [0.2, 0.25) is 10.0 Å². The van der Waals surface area contributed by atoms with Crippen molar-refractivity contribution in [3.8, 4) is 5.75 Å². The van der Waals surface area contributed by atoms with Crippen molar-refractivity contribution >= 4 is 27.8 Å². The zero-order chi connectivity index (χ0) is 18.7. The van der Waals surface area contributed by atoms with Crippen LogP contribution in [0.1, 0.15) is 13.8 Å². The SMILES string of the molecule is C=C=CCOc1ccc(S(=O)(=O)N2CCSC(C)(C)[C@@H]2C(=O)O)cc1. The van der Waals surface area contributed by atoms with Crippen LogP contribution in [-0.4, -0.2) is 53.5 Å². The van der Waals surface area contributed by atoms with Gasteiger partial charge < -0.3 is 9.84 Å². The first-order valence-electron chi connectivity index (χ1n) is 7.66. The second-order valence-corrected chi connectivity index (χ2v) is 9.64. The number of aliphatic carboxylic acids is 1. The molecule has 0 radical (unpaired) electrons. The van der Waals surface area contributed by atoms with Crippen LogP contribution in [0, 0.1) is 0 Å². The lowest BCUT2D eigenvalue weighted by atomic mass is 10.0. The Morgan fingerprint density at radius 2 is 2.12 bits per heavy atom. The van der Waals surface area contributed by atoms with Gasteiger partial charge in [-0.05, 0) is 44.2 Å². The maximum atomic E-state index is 12.9. The predicted octanol–water partition coefficient (Wildman–Crippen LogP) is 2.38. The minimum Gasteiger partial charge on any atom is -0.489 e. The van der Waals surface area contributed by atoms with Crippen LogP contribution >= 0.6 is 11.8 Å². The maximum absolute atomic E-state index is 12.9. The normalized spacial score (nSPS) is 20.5. The second-order valence-electron chi connectivity index (χ2n) is 6.00. The number of carboxylic acids is 1. The molecule has 136 valence electrons. The monoisotopic (exact) mass is 383 g/mol. The van der Waals surface area contributed by atoms with Crippen molar-refractivity contribution in [1.29, 1.82) is 0 Å². The van der Waals surface area contributed by atoms with Crippen LogP contribution in [0.15, 0.2) is 47.5 Å². The predicted molar refractivity (Wildman–Crippen MR) is 97.5 cm³/mol. The lowest BCUT2D eigenvalue weighted by Gasteiger charge is -2.42. The van der Waals surface area contributed by atoms with Gasteiger partial charge in [-0.3, -0.25) is 4.79 Å². The van der Waals surface area contributed by atoms with Gasteiger partial charge in [-0.1, -0.05) is 6.58 Å². The summed E-state index contributed by atoms with van der Waals surface area (Å²) in [6.45, 7) is 7.38. The summed E-state index contributed by atoms with van der Waals surface area (Å²) in [6.07, 6.45) is 1.61. The average Bonchev–Trinajstić information content (AvgIpc) is 2.54. The van der Waals surface area contributed by atoms with E-state index < -0.39 is 26.8 Å². The third kappa shape index (κ3) is 4.27. The Morgan fingerprint density at radius 3 is 2.68 bits per heavy atom. The molecule has 0 bridgehead atoms. The standard InChI is InChI=1S/C17H21NO5S2/c1-4-5-11-23-13-6-8-14(9-7-13)25(21,22)18-10-12-24-17(2,3)15(18)16(19)20/h5-9,15H,1,10-12H2,2-3H3,(H,19,20)/t15-/m0/s1. The molecule has 0 aromatic heterocycles. The lowest BCUT2D eigenvalue weighted by molar-refractivity contribution is -0.142. The largest absolute Gasteiger partial charge is 0.489 e. The van der Waals surface area contributed by atoms with Crippen LogP contribution in [0.4, 0.5) is 0 Å². The zero-order valence-corrected chi connectivity index (χ0v) is 15.8. The minimum absolute atomic E-state index is 0.0491. The third-order valence-corrected chi connectivity index (χ3v) is 7.11.